The van der Waals surface area contributed by atoms with Crippen LogP contribution in [0.15, 0.2) is 47.4 Å². The molecular weight excluding hydrogens is 372 g/mol. The van der Waals surface area contributed by atoms with Gasteiger partial charge in [0.2, 0.25) is 15.9 Å². The minimum atomic E-state index is -3.60. The van der Waals surface area contributed by atoms with Crippen LogP contribution >= 0.6 is 0 Å². The molecule has 1 saturated heterocycles. The summed E-state index contributed by atoms with van der Waals surface area (Å²) < 4.78 is 28.4. The highest BCUT2D eigenvalue weighted by Crippen LogP contribution is 2.37. The van der Waals surface area contributed by atoms with Crippen LogP contribution in [0.2, 0.25) is 0 Å². The van der Waals surface area contributed by atoms with Crippen molar-refractivity contribution in [3.05, 3.63) is 59.2 Å². The smallest absolute Gasteiger partial charge is 0.243 e. The van der Waals surface area contributed by atoms with Crippen LogP contribution in [0.4, 0.5) is 5.69 Å². The number of carbonyl (C=O) groups is 1. The summed E-state index contributed by atoms with van der Waals surface area (Å²) in [4.78, 5) is 13.9. The number of anilines is 1. The highest BCUT2D eigenvalue weighted by Gasteiger charge is 2.35. The van der Waals surface area contributed by atoms with Crippen molar-refractivity contribution in [1.82, 2.24) is 4.31 Å². The Morgan fingerprint density at radius 1 is 1.04 bits per heavy atom. The van der Waals surface area contributed by atoms with Crippen LogP contribution in [0.3, 0.4) is 0 Å². The number of nitrogens with zero attached hydrogens (tertiary/aromatic N) is 2. The molecule has 1 unspecified atom stereocenters. The second-order valence-corrected chi connectivity index (χ2v) is 9.53. The first-order valence-corrected chi connectivity index (χ1v) is 11.4. The molecule has 4 rings (SSSR count). The Hall–Kier alpha value is -2.18. The largest absolute Gasteiger partial charge is 0.312 e. The van der Waals surface area contributed by atoms with Crippen LogP contribution in [0.1, 0.15) is 48.9 Å². The molecule has 0 saturated carbocycles. The lowest BCUT2D eigenvalue weighted by molar-refractivity contribution is -0.117. The molecule has 0 bridgehead atoms. The monoisotopic (exact) mass is 398 g/mol. The van der Waals surface area contributed by atoms with Gasteiger partial charge in [0.1, 0.15) is 0 Å². The summed E-state index contributed by atoms with van der Waals surface area (Å²) in [6.45, 7) is 5.29. The number of sulfonamides is 1. The summed E-state index contributed by atoms with van der Waals surface area (Å²) in [5.74, 6) is 0.101. The molecule has 6 heteroatoms. The fourth-order valence-corrected chi connectivity index (χ4v) is 6.06. The van der Waals surface area contributed by atoms with Crippen molar-refractivity contribution in [3.8, 4) is 0 Å². The molecule has 1 atom stereocenters. The minimum absolute atomic E-state index is 0.101. The van der Waals surface area contributed by atoms with Crippen LogP contribution in [-0.2, 0) is 21.2 Å². The van der Waals surface area contributed by atoms with E-state index in [2.05, 4.69) is 25.1 Å². The highest BCUT2D eigenvalue weighted by atomic mass is 32.2. The average Bonchev–Trinajstić information content (AvgIpc) is 3.12. The predicted molar refractivity (Wildman–Crippen MR) is 110 cm³/mol. The molecule has 5 nitrogen and oxygen atoms in total. The molecule has 0 spiro atoms. The Morgan fingerprint density at radius 2 is 1.79 bits per heavy atom. The van der Waals surface area contributed by atoms with E-state index in [0.717, 1.165) is 30.5 Å². The molecule has 0 radical (unpaired) electrons. The Balaban J connectivity index is 1.64. The van der Waals surface area contributed by atoms with Crippen molar-refractivity contribution in [2.45, 2.75) is 50.5 Å². The molecule has 2 aromatic rings. The van der Waals surface area contributed by atoms with Gasteiger partial charge in [-0.15, -0.1) is 0 Å². The molecule has 2 heterocycles. The molecule has 0 aliphatic carbocycles. The number of fused-ring (bicyclic) bond motifs is 1. The molecule has 1 amide bonds. The zero-order valence-electron chi connectivity index (χ0n) is 16.4. The van der Waals surface area contributed by atoms with Gasteiger partial charge in [0.25, 0.3) is 0 Å². The van der Waals surface area contributed by atoms with Gasteiger partial charge >= 0.3 is 0 Å². The summed E-state index contributed by atoms with van der Waals surface area (Å²) >= 11 is 0. The molecular formula is C22H26N2O3S. The van der Waals surface area contributed by atoms with Crippen molar-refractivity contribution in [2.24, 2.45) is 0 Å². The topological polar surface area (TPSA) is 57.7 Å². The predicted octanol–water partition coefficient (Wildman–Crippen LogP) is 3.82. The molecule has 2 aliphatic heterocycles. The Kier molecular flexibility index (Phi) is 5.02. The van der Waals surface area contributed by atoms with E-state index in [1.807, 2.05) is 6.92 Å². The van der Waals surface area contributed by atoms with E-state index in [1.165, 1.54) is 11.1 Å². The van der Waals surface area contributed by atoms with E-state index in [-0.39, 0.29) is 16.8 Å². The Bertz CT molecular complexity index is 999. The Labute approximate surface area is 167 Å². The summed E-state index contributed by atoms with van der Waals surface area (Å²) in [7, 11) is -3.60. The minimum Gasteiger partial charge on any atom is -0.312 e. The average molecular weight is 399 g/mol. The van der Waals surface area contributed by atoms with Gasteiger partial charge in [-0.05, 0) is 61.6 Å². The number of amides is 1. The van der Waals surface area contributed by atoms with Crippen LogP contribution in [-0.4, -0.2) is 31.7 Å². The molecule has 28 heavy (non-hydrogen) atoms. The second-order valence-electron chi connectivity index (χ2n) is 7.63. The number of benzene rings is 2. The van der Waals surface area contributed by atoms with E-state index < -0.39 is 10.0 Å². The highest BCUT2D eigenvalue weighted by molar-refractivity contribution is 7.89. The normalized spacial score (nSPS) is 20.4. The molecule has 2 aromatic carbocycles. The fourth-order valence-electron chi connectivity index (χ4n) is 4.38. The number of hydrogen-bond acceptors (Lipinski definition) is 3. The first kappa shape index (κ1) is 19.2. The number of rotatable bonds is 4. The van der Waals surface area contributed by atoms with E-state index in [4.69, 9.17) is 0 Å². The van der Waals surface area contributed by atoms with Crippen molar-refractivity contribution < 1.29 is 13.2 Å². The van der Waals surface area contributed by atoms with Crippen LogP contribution < -0.4 is 4.90 Å². The van der Waals surface area contributed by atoms with Gasteiger partial charge in [-0.25, -0.2) is 8.42 Å². The van der Waals surface area contributed by atoms with Gasteiger partial charge in [-0.2, -0.15) is 4.31 Å². The van der Waals surface area contributed by atoms with Crippen LogP contribution in [0, 0.1) is 6.92 Å². The van der Waals surface area contributed by atoms with Crippen molar-refractivity contribution in [2.75, 3.05) is 18.0 Å². The van der Waals surface area contributed by atoms with Gasteiger partial charge in [0.05, 0.1) is 10.9 Å². The first-order valence-electron chi connectivity index (χ1n) is 9.93. The van der Waals surface area contributed by atoms with Crippen molar-refractivity contribution >= 4 is 21.6 Å². The van der Waals surface area contributed by atoms with E-state index in [0.29, 0.717) is 19.5 Å². The summed E-state index contributed by atoms with van der Waals surface area (Å²) in [5, 5.41) is 0. The van der Waals surface area contributed by atoms with Crippen LogP contribution in [0.25, 0.3) is 0 Å². The molecule has 0 N–H and O–H groups in total. The van der Waals surface area contributed by atoms with E-state index >= 15 is 0 Å². The third-order valence-corrected chi connectivity index (χ3v) is 7.74. The summed E-state index contributed by atoms with van der Waals surface area (Å²) in [5.41, 5.74) is 4.34. The quantitative estimate of drug-likeness (QED) is 0.787. The molecule has 1 fully saturated rings. The number of hydrogen-bond donors (Lipinski definition) is 0. The zero-order valence-corrected chi connectivity index (χ0v) is 17.2. The Morgan fingerprint density at radius 3 is 2.43 bits per heavy atom. The van der Waals surface area contributed by atoms with Crippen LogP contribution in [0.5, 0.6) is 0 Å². The maximum absolute atomic E-state index is 13.4. The van der Waals surface area contributed by atoms with Crippen molar-refractivity contribution in [1.29, 1.82) is 0 Å². The number of carbonyl (C=O) groups excluding carboxylic acids is 1. The van der Waals surface area contributed by atoms with E-state index in [1.54, 1.807) is 33.5 Å². The van der Waals surface area contributed by atoms with Gasteiger partial charge in [-0.1, -0.05) is 30.7 Å². The maximum Gasteiger partial charge on any atom is 0.243 e. The van der Waals surface area contributed by atoms with Gasteiger partial charge in [0.15, 0.2) is 0 Å². The molecule has 148 valence electrons. The van der Waals surface area contributed by atoms with Crippen molar-refractivity contribution in [3.63, 3.8) is 0 Å². The standard InChI is InChI=1S/C22H26N2O3S/c1-3-21-20-11-6-16(2)15-17(20)12-14-24(21)28(26,27)19-9-7-18(8-10-19)23-13-4-5-22(23)25/h6-11,15,21H,3-5,12-14H2,1-2H3. The van der Waals surface area contributed by atoms with Gasteiger partial charge < -0.3 is 4.90 Å². The summed E-state index contributed by atoms with van der Waals surface area (Å²) in [6.07, 6.45) is 2.87. The number of aryl methyl sites for hydroxylation is 1. The molecule has 0 aromatic heterocycles. The lowest BCUT2D eigenvalue weighted by Crippen LogP contribution is -2.39. The lowest BCUT2D eigenvalue weighted by Gasteiger charge is -2.36. The van der Waals surface area contributed by atoms with Gasteiger partial charge in [0, 0.05) is 25.2 Å². The first-order chi connectivity index (χ1) is 13.4. The SMILES string of the molecule is CCC1c2ccc(C)cc2CCN1S(=O)(=O)c1ccc(N2CCCC2=O)cc1. The molecule has 2 aliphatic rings. The maximum atomic E-state index is 13.4. The lowest BCUT2D eigenvalue weighted by atomic mass is 9.91. The third-order valence-electron chi connectivity index (χ3n) is 5.82. The fraction of sp³-hybridized carbons (Fsp3) is 0.409. The summed E-state index contributed by atoms with van der Waals surface area (Å²) in [6, 6.07) is 12.9. The third kappa shape index (κ3) is 3.25. The van der Waals surface area contributed by atoms with E-state index in [9.17, 15) is 13.2 Å². The van der Waals surface area contributed by atoms with Gasteiger partial charge in [-0.3, -0.25) is 4.79 Å². The zero-order chi connectivity index (χ0) is 19.9. The second kappa shape index (κ2) is 7.33.